The summed E-state index contributed by atoms with van der Waals surface area (Å²) in [5.41, 5.74) is 0.619. The Morgan fingerprint density at radius 1 is 1.64 bits per heavy atom. The third-order valence-corrected chi connectivity index (χ3v) is 1.48. The van der Waals surface area contributed by atoms with Gasteiger partial charge in [-0.05, 0) is 17.7 Å². The molecule has 0 spiro atoms. The van der Waals surface area contributed by atoms with Crippen LogP contribution in [0.3, 0.4) is 0 Å². The number of hydrogen-bond donors (Lipinski definition) is 0. The predicted octanol–water partition coefficient (Wildman–Crippen LogP) is 2.10. The summed E-state index contributed by atoms with van der Waals surface area (Å²) in [7, 11) is 0. The zero-order chi connectivity index (χ0) is 10.6. The van der Waals surface area contributed by atoms with Crippen LogP contribution in [0.2, 0.25) is 0 Å². The zero-order valence-electron chi connectivity index (χ0n) is 6.98. The van der Waals surface area contributed by atoms with E-state index in [1.54, 1.807) is 0 Å². The summed E-state index contributed by atoms with van der Waals surface area (Å²) < 4.78 is 12.5. The molecular formula is C9H5FN2O2. The maximum Gasteiger partial charge on any atom is 0.419 e. The Balaban J connectivity index is 3.04. The zero-order valence-corrected chi connectivity index (χ0v) is 6.98. The van der Waals surface area contributed by atoms with Gasteiger partial charge in [-0.2, -0.15) is 5.26 Å². The molecule has 0 aliphatic carbocycles. The average Bonchev–Trinajstić information content (AvgIpc) is 2.18. The van der Waals surface area contributed by atoms with Crippen LogP contribution in [0.15, 0.2) is 30.2 Å². The number of halogens is 1. The molecule has 0 atom stereocenters. The minimum atomic E-state index is -1.44. The van der Waals surface area contributed by atoms with Crippen molar-refractivity contribution in [1.29, 1.82) is 5.26 Å². The molecule has 0 heterocycles. The first-order valence-corrected chi connectivity index (χ1v) is 3.65. The van der Waals surface area contributed by atoms with Crippen molar-refractivity contribution >= 4 is 6.08 Å². The lowest BCUT2D eigenvalue weighted by molar-refractivity contribution is -0.445. The Kier molecular flexibility index (Phi) is 2.92. The van der Waals surface area contributed by atoms with Crippen LogP contribution in [-0.2, 0) is 0 Å². The van der Waals surface area contributed by atoms with Crippen molar-refractivity contribution in [2.24, 2.45) is 0 Å². The molecule has 0 radical (unpaired) electrons. The van der Waals surface area contributed by atoms with Gasteiger partial charge in [0.15, 0.2) is 0 Å². The summed E-state index contributed by atoms with van der Waals surface area (Å²) in [5.74, 6) is -1.44. The van der Waals surface area contributed by atoms with Crippen LogP contribution >= 0.6 is 0 Å². The van der Waals surface area contributed by atoms with Gasteiger partial charge in [-0.25, -0.2) is 0 Å². The van der Waals surface area contributed by atoms with Gasteiger partial charge in [0.05, 0.1) is 22.6 Å². The topological polar surface area (TPSA) is 66.9 Å². The first-order valence-electron chi connectivity index (χ1n) is 3.65. The second-order valence-electron chi connectivity index (χ2n) is 2.46. The molecule has 0 saturated heterocycles. The van der Waals surface area contributed by atoms with E-state index >= 15 is 0 Å². The van der Waals surface area contributed by atoms with Crippen molar-refractivity contribution in [2.45, 2.75) is 0 Å². The van der Waals surface area contributed by atoms with E-state index < -0.39 is 10.9 Å². The third kappa shape index (κ3) is 2.38. The molecule has 5 heteroatoms. The molecule has 1 aromatic carbocycles. The van der Waals surface area contributed by atoms with Gasteiger partial charge in [0.2, 0.25) is 0 Å². The van der Waals surface area contributed by atoms with Crippen molar-refractivity contribution < 1.29 is 9.31 Å². The standard InChI is InChI=1S/C9H5FN2O2/c10-9(12(13)14)5-7-2-1-3-8(4-7)6-11/h1-5H/b9-5+. The number of benzene rings is 1. The van der Waals surface area contributed by atoms with Gasteiger partial charge >= 0.3 is 5.95 Å². The lowest BCUT2D eigenvalue weighted by Crippen LogP contribution is -1.91. The van der Waals surface area contributed by atoms with Gasteiger partial charge in [0, 0.05) is 0 Å². The van der Waals surface area contributed by atoms with Crippen LogP contribution in [0, 0.1) is 21.4 Å². The molecule has 0 bridgehead atoms. The monoisotopic (exact) mass is 192 g/mol. The second kappa shape index (κ2) is 4.14. The van der Waals surface area contributed by atoms with E-state index in [2.05, 4.69) is 0 Å². The molecule has 0 amide bonds. The first-order chi connectivity index (χ1) is 6.63. The normalized spacial score (nSPS) is 10.7. The molecule has 0 saturated carbocycles. The Labute approximate surface area is 79.0 Å². The highest BCUT2D eigenvalue weighted by Crippen LogP contribution is 2.10. The minimum Gasteiger partial charge on any atom is -0.256 e. The Morgan fingerprint density at radius 3 is 2.93 bits per heavy atom. The fourth-order valence-corrected chi connectivity index (χ4v) is 0.888. The van der Waals surface area contributed by atoms with Crippen LogP contribution in [0.5, 0.6) is 0 Å². The van der Waals surface area contributed by atoms with E-state index in [1.165, 1.54) is 24.3 Å². The third-order valence-electron chi connectivity index (χ3n) is 1.48. The first kappa shape index (κ1) is 9.86. The number of nitriles is 1. The largest absolute Gasteiger partial charge is 0.419 e. The maximum absolute atomic E-state index is 12.5. The number of rotatable bonds is 2. The van der Waals surface area contributed by atoms with Gasteiger partial charge in [0.1, 0.15) is 0 Å². The van der Waals surface area contributed by atoms with Crippen molar-refractivity contribution in [3.8, 4) is 6.07 Å². The van der Waals surface area contributed by atoms with E-state index in [9.17, 15) is 14.5 Å². The SMILES string of the molecule is N#Cc1cccc(/C=C(\F)[N+](=O)[O-])c1. The highest BCUT2D eigenvalue weighted by atomic mass is 19.1. The van der Waals surface area contributed by atoms with Crippen molar-refractivity contribution in [2.75, 3.05) is 0 Å². The molecule has 0 aromatic heterocycles. The van der Waals surface area contributed by atoms with Crippen LogP contribution in [0.4, 0.5) is 4.39 Å². The summed E-state index contributed by atoms with van der Waals surface area (Å²) in [5, 5.41) is 18.5. The molecule has 1 aromatic rings. The summed E-state index contributed by atoms with van der Waals surface area (Å²) in [6.07, 6.45) is 0.765. The molecule has 0 fully saturated rings. The van der Waals surface area contributed by atoms with E-state index in [1.807, 2.05) is 6.07 Å². The van der Waals surface area contributed by atoms with Gasteiger partial charge in [-0.15, -0.1) is 4.39 Å². The van der Waals surface area contributed by atoms with Crippen LogP contribution in [0.25, 0.3) is 6.08 Å². The molecule has 0 N–H and O–H groups in total. The van der Waals surface area contributed by atoms with Gasteiger partial charge in [-0.3, -0.25) is 10.1 Å². The maximum atomic E-state index is 12.5. The van der Waals surface area contributed by atoms with E-state index in [4.69, 9.17) is 5.26 Å². The molecular weight excluding hydrogens is 187 g/mol. The van der Waals surface area contributed by atoms with Crippen molar-refractivity contribution in [3.05, 3.63) is 51.5 Å². The lowest BCUT2D eigenvalue weighted by Gasteiger charge is -1.92. The molecule has 70 valence electrons. The smallest absolute Gasteiger partial charge is 0.256 e. The highest BCUT2D eigenvalue weighted by molar-refractivity contribution is 5.52. The van der Waals surface area contributed by atoms with Gasteiger partial charge in [-0.1, -0.05) is 12.1 Å². The summed E-state index contributed by atoms with van der Waals surface area (Å²) in [6, 6.07) is 7.74. The summed E-state index contributed by atoms with van der Waals surface area (Å²) >= 11 is 0. The fraction of sp³-hybridized carbons (Fsp3) is 0. The number of hydrogen-bond acceptors (Lipinski definition) is 3. The average molecular weight is 192 g/mol. The Hall–Kier alpha value is -2.22. The highest BCUT2D eigenvalue weighted by Gasteiger charge is 2.07. The fourth-order valence-electron chi connectivity index (χ4n) is 0.888. The molecule has 0 aliphatic heterocycles. The van der Waals surface area contributed by atoms with Crippen LogP contribution < -0.4 is 0 Å². The van der Waals surface area contributed by atoms with Crippen molar-refractivity contribution in [3.63, 3.8) is 0 Å². The van der Waals surface area contributed by atoms with Gasteiger partial charge in [0.25, 0.3) is 0 Å². The second-order valence-corrected chi connectivity index (χ2v) is 2.46. The molecule has 0 unspecified atom stereocenters. The molecule has 1 rings (SSSR count). The van der Waals surface area contributed by atoms with E-state index in [0.29, 0.717) is 11.1 Å². The number of nitrogens with zero attached hydrogens (tertiary/aromatic N) is 2. The van der Waals surface area contributed by atoms with Crippen molar-refractivity contribution in [1.82, 2.24) is 0 Å². The predicted molar refractivity (Wildman–Crippen MR) is 47.2 cm³/mol. The Bertz CT molecular complexity index is 435. The molecule has 14 heavy (non-hydrogen) atoms. The Morgan fingerprint density at radius 2 is 2.36 bits per heavy atom. The van der Waals surface area contributed by atoms with E-state index in [-0.39, 0.29) is 0 Å². The summed E-state index contributed by atoms with van der Waals surface area (Å²) in [6.45, 7) is 0. The van der Waals surface area contributed by atoms with Gasteiger partial charge < -0.3 is 0 Å². The quantitative estimate of drug-likeness (QED) is 0.409. The minimum absolute atomic E-state index is 0.290. The number of nitro groups is 1. The van der Waals surface area contributed by atoms with Crippen LogP contribution in [0.1, 0.15) is 11.1 Å². The van der Waals surface area contributed by atoms with Crippen LogP contribution in [-0.4, -0.2) is 4.92 Å². The summed E-state index contributed by atoms with van der Waals surface area (Å²) in [4.78, 5) is 8.83. The lowest BCUT2D eigenvalue weighted by atomic mass is 10.1. The molecule has 0 aliphatic rings. The van der Waals surface area contributed by atoms with E-state index in [0.717, 1.165) is 6.08 Å². The molecule has 4 nitrogen and oxygen atoms in total.